The minimum Gasteiger partial charge on any atom is -0.391 e. The molecule has 0 amide bonds. The van der Waals surface area contributed by atoms with E-state index in [0.717, 1.165) is 25.0 Å². The van der Waals surface area contributed by atoms with Gasteiger partial charge in [-0.25, -0.2) is 13.9 Å². The van der Waals surface area contributed by atoms with Gasteiger partial charge in [-0.1, -0.05) is 19.9 Å². The number of aliphatic hydroxyl groups excluding tert-OH is 1. The number of hydrogen-bond acceptors (Lipinski definition) is 6. The third-order valence-electron chi connectivity index (χ3n) is 4.34. The van der Waals surface area contributed by atoms with Crippen molar-refractivity contribution in [1.29, 1.82) is 0 Å². The van der Waals surface area contributed by atoms with Crippen LogP contribution in [0.3, 0.4) is 0 Å². The fraction of sp³-hybridized carbons (Fsp3) is 0.421. The summed E-state index contributed by atoms with van der Waals surface area (Å²) in [5.41, 5.74) is 8.17. The average Bonchev–Trinajstić information content (AvgIpc) is 2.99. The van der Waals surface area contributed by atoms with Gasteiger partial charge in [-0.2, -0.15) is 0 Å². The minimum atomic E-state index is -0.394. The molecule has 1 aliphatic rings. The Kier molecular flexibility index (Phi) is 5.98. The van der Waals surface area contributed by atoms with E-state index in [4.69, 9.17) is 15.6 Å². The number of hydrogen-bond donors (Lipinski definition) is 2. The lowest BCUT2D eigenvalue weighted by Gasteiger charge is -2.15. The highest BCUT2D eigenvalue weighted by Gasteiger charge is 2.14. The van der Waals surface area contributed by atoms with Gasteiger partial charge >= 0.3 is 0 Å². The van der Waals surface area contributed by atoms with Crippen LogP contribution < -0.4 is 5.73 Å². The van der Waals surface area contributed by atoms with Gasteiger partial charge in [0, 0.05) is 18.9 Å². The van der Waals surface area contributed by atoms with Crippen LogP contribution in [0.4, 0.5) is 10.3 Å². The molecule has 1 saturated heterocycles. The van der Waals surface area contributed by atoms with Crippen LogP contribution in [0.5, 0.6) is 0 Å². The number of anilines is 1. The molecule has 0 saturated carbocycles. The highest BCUT2D eigenvalue weighted by Crippen LogP contribution is 2.24. The van der Waals surface area contributed by atoms with Crippen molar-refractivity contribution in [3.8, 4) is 11.4 Å². The number of halogens is 1. The lowest BCUT2D eigenvalue weighted by atomic mass is 10.1. The molecule has 4 rings (SSSR count). The lowest BCUT2D eigenvalue weighted by molar-refractivity contribution is -0.00535. The van der Waals surface area contributed by atoms with Crippen LogP contribution in [0.2, 0.25) is 0 Å². The number of nitrogens with two attached hydrogens (primary N) is 1. The van der Waals surface area contributed by atoms with Crippen LogP contribution in [0.15, 0.2) is 30.6 Å². The number of pyridine rings is 1. The lowest BCUT2D eigenvalue weighted by Crippen LogP contribution is -2.21. The first-order chi connectivity index (χ1) is 13.0. The molecule has 1 aliphatic heterocycles. The van der Waals surface area contributed by atoms with E-state index in [-0.39, 0.29) is 17.6 Å². The minimum absolute atomic E-state index is 0.0909. The SMILES string of the molecule is CC(C)c1ccc(-c2cc(F)c3cnc(N)nn23)nc1.OC1CCCOC1. The number of nitrogen functional groups attached to an aromatic ring is 1. The van der Waals surface area contributed by atoms with Crippen molar-refractivity contribution in [2.75, 3.05) is 18.9 Å². The van der Waals surface area contributed by atoms with E-state index in [0.29, 0.717) is 23.9 Å². The summed E-state index contributed by atoms with van der Waals surface area (Å²) in [4.78, 5) is 8.17. The van der Waals surface area contributed by atoms with Gasteiger partial charge < -0.3 is 15.6 Å². The number of aliphatic hydroxyl groups is 1. The summed E-state index contributed by atoms with van der Waals surface area (Å²) in [5, 5.41) is 12.8. The molecule has 3 aromatic rings. The van der Waals surface area contributed by atoms with Crippen molar-refractivity contribution < 1.29 is 14.2 Å². The average molecular weight is 373 g/mol. The molecule has 4 heterocycles. The normalized spacial score (nSPS) is 17.0. The van der Waals surface area contributed by atoms with Crippen molar-refractivity contribution in [2.45, 2.75) is 38.7 Å². The number of fused-ring (bicyclic) bond motifs is 1. The number of aromatic nitrogens is 4. The topological polar surface area (TPSA) is 98.6 Å². The molecular formula is C19H24FN5O2. The quantitative estimate of drug-likeness (QED) is 0.717. The Morgan fingerprint density at radius 3 is 2.67 bits per heavy atom. The van der Waals surface area contributed by atoms with E-state index in [1.165, 1.54) is 16.8 Å². The molecule has 144 valence electrons. The highest BCUT2D eigenvalue weighted by molar-refractivity contribution is 5.64. The Hall–Kier alpha value is -2.58. The van der Waals surface area contributed by atoms with E-state index in [9.17, 15) is 4.39 Å². The van der Waals surface area contributed by atoms with Crippen LogP contribution in [-0.2, 0) is 4.74 Å². The molecule has 0 bridgehead atoms. The maximum Gasteiger partial charge on any atom is 0.238 e. The van der Waals surface area contributed by atoms with E-state index in [2.05, 4.69) is 28.9 Å². The zero-order valence-corrected chi connectivity index (χ0v) is 15.5. The van der Waals surface area contributed by atoms with Gasteiger partial charge in [-0.15, -0.1) is 5.10 Å². The predicted molar refractivity (Wildman–Crippen MR) is 101 cm³/mol. The third kappa shape index (κ3) is 4.58. The van der Waals surface area contributed by atoms with Crippen molar-refractivity contribution in [1.82, 2.24) is 19.6 Å². The molecular weight excluding hydrogens is 349 g/mol. The first-order valence-electron chi connectivity index (χ1n) is 8.97. The molecule has 1 atom stereocenters. The molecule has 8 heteroatoms. The zero-order chi connectivity index (χ0) is 19.4. The Balaban J connectivity index is 0.000000253. The maximum absolute atomic E-state index is 13.9. The molecule has 0 spiro atoms. The first-order valence-corrected chi connectivity index (χ1v) is 8.97. The summed E-state index contributed by atoms with van der Waals surface area (Å²) < 4.78 is 20.2. The van der Waals surface area contributed by atoms with Gasteiger partial charge in [-0.05, 0) is 30.4 Å². The summed E-state index contributed by atoms with van der Waals surface area (Å²) in [6.45, 7) is 5.56. The van der Waals surface area contributed by atoms with Crippen LogP contribution >= 0.6 is 0 Å². The molecule has 3 N–H and O–H groups in total. The summed E-state index contributed by atoms with van der Waals surface area (Å²) in [7, 11) is 0. The molecule has 1 fully saturated rings. The Labute approximate surface area is 157 Å². The molecule has 3 aromatic heterocycles. The predicted octanol–water partition coefficient (Wildman–Crippen LogP) is 2.79. The van der Waals surface area contributed by atoms with Crippen LogP contribution in [-0.4, -0.2) is 44.0 Å². The molecule has 0 aliphatic carbocycles. The van der Waals surface area contributed by atoms with E-state index < -0.39 is 5.82 Å². The fourth-order valence-electron chi connectivity index (χ4n) is 2.77. The highest BCUT2D eigenvalue weighted by atomic mass is 19.1. The smallest absolute Gasteiger partial charge is 0.238 e. The van der Waals surface area contributed by atoms with Gasteiger partial charge in [0.2, 0.25) is 5.95 Å². The molecule has 1 unspecified atom stereocenters. The molecule has 27 heavy (non-hydrogen) atoms. The zero-order valence-electron chi connectivity index (χ0n) is 15.5. The van der Waals surface area contributed by atoms with Gasteiger partial charge in [0.25, 0.3) is 0 Å². The van der Waals surface area contributed by atoms with Crippen molar-refractivity contribution >= 4 is 11.5 Å². The third-order valence-corrected chi connectivity index (χ3v) is 4.34. The molecule has 0 radical (unpaired) electrons. The molecule has 0 aromatic carbocycles. The molecule has 7 nitrogen and oxygen atoms in total. The van der Waals surface area contributed by atoms with Gasteiger partial charge in [-0.3, -0.25) is 4.98 Å². The van der Waals surface area contributed by atoms with Crippen LogP contribution in [0.1, 0.15) is 38.2 Å². The van der Waals surface area contributed by atoms with Gasteiger partial charge in [0.15, 0.2) is 5.82 Å². The number of rotatable bonds is 2. The van der Waals surface area contributed by atoms with Crippen molar-refractivity contribution in [3.05, 3.63) is 42.0 Å². The van der Waals surface area contributed by atoms with Crippen molar-refractivity contribution in [2.24, 2.45) is 0 Å². The van der Waals surface area contributed by atoms with E-state index in [1.807, 2.05) is 12.1 Å². The van der Waals surface area contributed by atoms with Crippen molar-refractivity contribution in [3.63, 3.8) is 0 Å². The fourth-order valence-corrected chi connectivity index (χ4v) is 2.77. The summed E-state index contributed by atoms with van der Waals surface area (Å²) in [5.74, 6) is 0.0956. The van der Waals surface area contributed by atoms with Crippen LogP contribution in [0.25, 0.3) is 16.9 Å². The Bertz CT molecular complexity index is 889. The Morgan fingerprint density at radius 2 is 2.11 bits per heavy atom. The second kappa shape index (κ2) is 8.41. The van der Waals surface area contributed by atoms with Gasteiger partial charge in [0.05, 0.1) is 30.3 Å². The Morgan fingerprint density at radius 1 is 1.30 bits per heavy atom. The first kappa shape index (κ1) is 19.2. The summed E-state index contributed by atoms with van der Waals surface area (Å²) in [6.07, 6.45) is 4.90. The monoisotopic (exact) mass is 373 g/mol. The number of ether oxygens (including phenoxy) is 1. The maximum atomic E-state index is 13.9. The van der Waals surface area contributed by atoms with E-state index >= 15 is 0 Å². The summed E-state index contributed by atoms with van der Waals surface area (Å²) >= 11 is 0. The second-order valence-electron chi connectivity index (χ2n) is 6.79. The van der Waals surface area contributed by atoms with Crippen LogP contribution in [0, 0.1) is 5.82 Å². The largest absolute Gasteiger partial charge is 0.391 e. The van der Waals surface area contributed by atoms with E-state index in [1.54, 1.807) is 6.20 Å². The standard InChI is InChI=1S/C14H14FN5.C5H10O2/c1-8(2)9-3-4-11(17-6-9)12-5-10(15)13-7-18-14(16)19-20(12)13;6-5-2-1-3-7-4-5/h3-8H,1-2H3,(H2,16,19);5-6H,1-4H2. The van der Waals surface area contributed by atoms with Gasteiger partial charge in [0.1, 0.15) is 5.52 Å². The number of nitrogens with zero attached hydrogens (tertiary/aromatic N) is 4. The second-order valence-corrected chi connectivity index (χ2v) is 6.79. The summed E-state index contributed by atoms with van der Waals surface area (Å²) in [6, 6.07) is 5.23.